The van der Waals surface area contributed by atoms with E-state index < -0.39 is 0 Å². The van der Waals surface area contributed by atoms with Crippen molar-refractivity contribution >= 4 is 5.96 Å². The summed E-state index contributed by atoms with van der Waals surface area (Å²) in [4.78, 5) is 6.90. The first kappa shape index (κ1) is 17.6. The summed E-state index contributed by atoms with van der Waals surface area (Å²) in [6.45, 7) is 10.0. The van der Waals surface area contributed by atoms with Gasteiger partial charge in [0.15, 0.2) is 5.96 Å². The second kappa shape index (κ2) is 8.72. The van der Waals surface area contributed by atoms with Gasteiger partial charge >= 0.3 is 0 Å². The average molecular weight is 294 g/mol. The minimum atomic E-state index is 0.160. The molecule has 0 spiro atoms. The Bertz CT molecular complexity index is 410. The number of aliphatic imine (C=N–C) groups is 1. The molecular weight excluding hydrogens is 264 g/mol. The van der Waals surface area contributed by atoms with E-state index in [1.807, 2.05) is 12.1 Å². The van der Waals surface area contributed by atoms with E-state index in [0.717, 1.165) is 44.3 Å². The standard InChI is InChI=1S/C16H30N4O/c1-6-17-15(18-10-9-14-8-7-11-21-14)19-12-16(2,3)13-20(4)5/h7-8,11H,6,9-10,12-13H2,1-5H3,(H2,17,18,19). The minimum absolute atomic E-state index is 0.160. The smallest absolute Gasteiger partial charge is 0.191 e. The lowest BCUT2D eigenvalue weighted by Crippen LogP contribution is -2.40. The largest absolute Gasteiger partial charge is 0.469 e. The molecule has 1 aromatic rings. The first-order valence-electron chi connectivity index (χ1n) is 7.62. The number of guanidine groups is 1. The second-order valence-electron chi connectivity index (χ2n) is 6.35. The van der Waals surface area contributed by atoms with Crippen LogP contribution in [0.5, 0.6) is 0 Å². The van der Waals surface area contributed by atoms with Crippen LogP contribution in [0.1, 0.15) is 26.5 Å². The van der Waals surface area contributed by atoms with Gasteiger partial charge in [-0.3, -0.25) is 4.99 Å². The van der Waals surface area contributed by atoms with Crippen molar-refractivity contribution in [3.63, 3.8) is 0 Å². The first-order valence-corrected chi connectivity index (χ1v) is 7.62. The van der Waals surface area contributed by atoms with E-state index in [1.54, 1.807) is 6.26 Å². The predicted molar refractivity (Wildman–Crippen MR) is 88.7 cm³/mol. The lowest BCUT2D eigenvalue weighted by atomic mass is 9.93. The van der Waals surface area contributed by atoms with Crippen LogP contribution in [-0.4, -0.2) is 51.1 Å². The van der Waals surface area contributed by atoms with Crippen LogP contribution in [0.2, 0.25) is 0 Å². The summed E-state index contributed by atoms with van der Waals surface area (Å²) in [6, 6.07) is 3.91. The Morgan fingerprint density at radius 1 is 1.33 bits per heavy atom. The van der Waals surface area contributed by atoms with Gasteiger partial charge in [0, 0.05) is 32.6 Å². The number of nitrogens with one attached hydrogen (secondary N) is 2. The third kappa shape index (κ3) is 7.75. The quantitative estimate of drug-likeness (QED) is 0.568. The van der Waals surface area contributed by atoms with Gasteiger partial charge in [-0.25, -0.2) is 0 Å². The van der Waals surface area contributed by atoms with Crippen molar-refractivity contribution in [1.29, 1.82) is 0 Å². The Hall–Kier alpha value is -1.49. The topological polar surface area (TPSA) is 52.8 Å². The van der Waals surface area contributed by atoms with Crippen molar-refractivity contribution < 1.29 is 4.42 Å². The molecule has 0 saturated carbocycles. The number of hydrogen-bond donors (Lipinski definition) is 2. The highest BCUT2D eigenvalue weighted by atomic mass is 16.3. The molecule has 120 valence electrons. The van der Waals surface area contributed by atoms with Crippen molar-refractivity contribution in [2.45, 2.75) is 27.2 Å². The van der Waals surface area contributed by atoms with Gasteiger partial charge in [0.1, 0.15) is 5.76 Å². The van der Waals surface area contributed by atoms with E-state index in [9.17, 15) is 0 Å². The molecule has 2 N–H and O–H groups in total. The molecule has 1 rings (SSSR count). The van der Waals surface area contributed by atoms with E-state index in [1.165, 1.54) is 0 Å². The van der Waals surface area contributed by atoms with Gasteiger partial charge in [0.05, 0.1) is 6.26 Å². The van der Waals surface area contributed by atoms with Crippen molar-refractivity contribution in [2.75, 3.05) is 40.3 Å². The number of hydrogen-bond acceptors (Lipinski definition) is 3. The molecule has 1 aromatic heterocycles. The van der Waals surface area contributed by atoms with E-state index in [-0.39, 0.29) is 5.41 Å². The first-order chi connectivity index (χ1) is 9.93. The maximum absolute atomic E-state index is 5.33. The van der Waals surface area contributed by atoms with E-state index in [2.05, 4.69) is 50.4 Å². The molecule has 0 radical (unpaired) electrons. The molecule has 0 aliphatic heterocycles. The van der Waals surface area contributed by atoms with E-state index in [4.69, 9.17) is 9.41 Å². The summed E-state index contributed by atoms with van der Waals surface area (Å²) < 4.78 is 5.33. The monoisotopic (exact) mass is 294 g/mol. The van der Waals surface area contributed by atoms with Crippen LogP contribution in [0, 0.1) is 5.41 Å². The van der Waals surface area contributed by atoms with Crippen LogP contribution in [0.3, 0.4) is 0 Å². The Kier molecular flexibility index (Phi) is 7.29. The summed E-state index contributed by atoms with van der Waals surface area (Å²) in [7, 11) is 4.19. The van der Waals surface area contributed by atoms with Gasteiger partial charge in [0.2, 0.25) is 0 Å². The fourth-order valence-electron chi connectivity index (χ4n) is 2.30. The molecule has 0 amide bonds. The van der Waals surface area contributed by atoms with E-state index in [0.29, 0.717) is 0 Å². The maximum atomic E-state index is 5.33. The lowest BCUT2D eigenvalue weighted by Gasteiger charge is -2.26. The minimum Gasteiger partial charge on any atom is -0.469 e. The predicted octanol–water partition coefficient (Wildman–Crippen LogP) is 1.97. The van der Waals surface area contributed by atoms with Crippen molar-refractivity contribution in [1.82, 2.24) is 15.5 Å². The molecule has 5 nitrogen and oxygen atoms in total. The van der Waals surface area contributed by atoms with Crippen molar-refractivity contribution in [3.8, 4) is 0 Å². The molecular formula is C16H30N4O. The zero-order valence-electron chi connectivity index (χ0n) is 14.1. The molecule has 5 heteroatoms. The molecule has 0 fully saturated rings. The highest BCUT2D eigenvalue weighted by Gasteiger charge is 2.18. The maximum Gasteiger partial charge on any atom is 0.191 e. The Morgan fingerprint density at radius 2 is 2.10 bits per heavy atom. The average Bonchev–Trinajstić information content (AvgIpc) is 2.87. The summed E-state index contributed by atoms with van der Waals surface area (Å²) >= 11 is 0. The highest BCUT2D eigenvalue weighted by molar-refractivity contribution is 5.79. The van der Waals surface area contributed by atoms with Gasteiger partial charge < -0.3 is 20.0 Å². The molecule has 0 aromatic carbocycles. The van der Waals surface area contributed by atoms with Gasteiger partial charge in [-0.05, 0) is 38.6 Å². The van der Waals surface area contributed by atoms with Crippen LogP contribution in [0.25, 0.3) is 0 Å². The summed E-state index contributed by atoms with van der Waals surface area (Å²) in [5.41, 5.74) is 0.160. The van der Waals surface area contributed by atoms with Crippen LogP contribution < -0.4 is 10.6 Å². The molecule has 0 saturated heterocycles. The molecule has 0 unspecified atom stereocenters. The zero-order valence-corrected chi connectivity index (χ0v) is 14.1. The van der Waals surface area contributed by atoms with Gasteiger partial charge in [-0.1, -0.05) is 13.8 Å². The Morgan fingerprint density at radius 3 is 2.67 bits per heavy atom. The van der Waals surface area contributed by atoms with Crippen LogP contribution in [0.15, 0.2) is 27.8 Å². The van der Waals surface area contributed by atoms with Gasteiger partial charge in [-0.15, -0.1) is 0 Å². The third-order valence-electron chi connectivity index (χ3n) is 3.00. The normalized spacial score (nSPS) is 12.8. The highest BCUT2D eigenvalue weighted by Crippen LogP contribution is 2.15. The summed E-state index contributed by atoms with van der Waals surface area (Å²) in [5, 5.41) is 6.63. The van der Waals surface area contributed by atoms with Gasteiger partial charge in [0.25, 0.3) is 0 Å². The van der Waals surface area contributed by atoms with Crippen LogP contribution in [-0.2, 0) is 6.42 Å². The fraction of sp³-hybridized carbons (Fsp3) is 0.688. The SMILES string of the molecule is CCNC(=NCC(C)(C)CN(C)C)NCCc1ccco1. The molecule has 0 atom stereocenters. The summed E-state index contributed by atoms with van der Waals surface area (Å²) in [6.07, 6.45) is 2.57. The Balaban J connectivity index is 2.45. The van der Waals surface area contributed by atoms with Gasteiger partial charge in [-0.2, -0.15) is 0 Å². The second-order valence-corrected chi connectivity index (χ2v) is 6.35. The molecule has 21 heavy (non-hydrogen) atoms. The number of nitrogens with zero attached hydrogens (tertiary/aromatic N) is 2. The lowest BCUT2D eigenvalue weighted by molar-refractivity contribution is 0.248. The van der Waals surface area contributed by atoms with Crippen LogP contribution >= 0.6 is 0 Å². The molecule has 0 aliphatic rings. The molecule has 0 aliphatic carbocycles. The van der Waals surface area contributed by atoms with Crippen molar-refractivity contribution in [2.24, 2.45) is 10.4 Å². The number of furan rings is 1. The zero-order chi connectivity index (χ0) is 15.7. The molecule has 0 bridgehead atoms. The third-order valence-corrected chi connectivity index (χ3v) is 3.00. The van der Waals surface area contributed by atoms with E-state index >= 15 is 0 Å². The number of rotatable bonds is 8. The summed E-state index contributed by atoms with van der Waals surface area (Å²) in [5.74, 6) is 1.86. The fourth-order valence-corrected chi connectivity index (χ4v) is 2.30. The van der Waals surface area contributed by atoms with Crippen molar-refractivity contribution in [3.05, 3.63) is 24.2 Å². The van der Waals surface area contributed by atoms with Crippen LogP contribution in [0.4, 0.5) is 0 Å². The molecule has 1 heterocycles. The Labute approximate surface area is 128 Å².